The summed E-state index contributed by atoms with van der Waals surface area (Å²) < 4.78 is 0. The van der Waals surface area contributed by atoms with Crippen LogP contribution in [0.1, 0.15) is 101 Å². The highest BCUT2D eigenvalue weighted by Crippen LogP contribution is 2.58. The van der Waals surface area contributed by atoms with Crippen molar-refractivity contribution in [1.82, 2.24) is 0 Å². The fraction of sp³-hybridized carbons (Fsp3) is 0.183. The maximum absolute atomic E-state index is 2.56. The van der Waals surface area contributed by atoms with Gasteiger partial charge in [0.2, 0.25) is 0 Å². The molecule has 10 aromatic rings. The van der Waals surface area contributed by atoms with Gasteiger partial charge in [0.15, 0.2) is 0 Å². The van der Waals surface area contributed by atoms with E-state index in [0.29, 0.717) is 0 Å². The predicted molar refractivity (Wildman–Crippen MR) is 308 cm³/mol. The van der Waals surface area contributed by atoms with Crippen molar-refractivity contribution in [2.75, 3.05) is 4.90 Å². The summed E-state index contributed by atoms with van der Waals surface area (Å²) in [6.45, 7) is 20.9. The molecule has 354 valence electrons. The second kappa shape index (κ2) is 17.8. The zero-order valence-corrected chi connectivity index (χ0v) is 43.4. The maximum Gasteiger partial charge on any atom is 0.0714 e. The molecule has 1 nitrogen and oxygen atoms in total. The SMILES string of the molecule is CC(C)(C)c1cc(-c2cccc3cccc(-c4ccccc4N(c4ccc5c(c4)C(c4ccccc4)(c4ccccc4)c4ccccc4-5)c4ccc(C(C)(C)C)cc4-c4ccccc4)c23)cc(C(C)(C)C)c1. The normalized spacial score (nSPS) is 13.2. The molecule has 0 saturated heterocycles. The molecule has 0 fully saturated rings. The molecule has 72 heavy (non-hydrogen) atoms. The fourth-order valence-corrected chi connectivity index (χ4v) is 11.4. The molecule has 11 rings (SSSR count). The monoisotopic (exact) mass is 932 g/mol. The molecule has 0 amide bonds. The van der Waals surface area contributed by atoms with Crippen molar-refractivity contribution in [1.29, 1.82) is 0 Å². The highest BCUT2D eigenvalue weighted by molar-refractivity contribution is 6.09. The highest BCUT2D eigenvalue weighted by atomic mass is 15.1. The summed E-state index contributed by atoms with van der Waals surface area (Å²) >= 11 is 0. The summed E-state index contributed by atoms with van der Waals surface area (Å²) in [6.07, 6.45) is 0. The zero-order valence-electron chi connectivity index (χ0n) is 43.4. The summed E-state index contributed by atoms with van der Waals surface area (Å²) in [5, 5.41) is 2.47. The van der Waals surface area contributed by atoms with E-state index < -0.39 is 5.41 Å². The Morgan fingerprint density at radius 3 is 1.42 bits per heavy atom. The van der Waals surface area contributed by atoms with Gasteiger partial charge in [0.1, 0.15) is 0 Å². The second-order valence-corrected chi connectivity index (χ2v) is 23.0. The van der Waals surface area contributed by atoms with Gasteiger partial charge >= 0.3 is 0 Å². The Morgan fingerprint density at radius 2 is 0.806 bits per heavy atom. The lowest BCUT2D eigenvalue weighted by molar-refractivity contribution is 0.569. The molecule has 0 unspecified atom stereocenters. The van der Waals surface area contributed by atoms with Crippen LogP contribution in [0.15, 0.2) is 231 Å². The first-order chi connectivity index (χ1) is 34.6. The molecule has 0 aromatic heterocycles. The van der Waals surface area contributed by atoms with Crippen LogP contribution in [0.5, 0.6) is 0 Å². The van der Waals surface area contributed by atoms with Gasteiger partial charge in [0, 0.05) is 16.8 Å². The number of para-hydroxylation sites is 1. The van der Waals surface area contributed by atoms with Gasteiger partial charge in [-0.05, 0) is 130 Å². The number of benzene rings is 10. The van der Waals surface area contributed by atoms with Gasteiger partial charge < -0.3 is 4.90 Å². The van der Waals surface area contributed by atoms with Gasteiger partial charge in [-0.3, -0.25) is 0 Å². The average molecular weight is 932 g/mol. The predicted octanol–water partition coefficient (Wildman–Crippen LogP) is 19.6. The highest BCUT2D eigenvalue weighted by Gasteiger charge is 2.46. The summed E-state index contributed by atoms with van der Waals surface area (Å²) in [7, 11) is 0. The average Bonchev–Trinajstić information content (AvgIpc) is 3.69. The third kappa shape index (κ3) is 8.06. The van der Waals surface area contributed by atoms with E-state index in [0.717, 1.165) is 17.1 Å². The van der Waals surface area contributed by atoms with E-state index in [1.54, 1.807) is 0 Å². The van der Waals surface area contributed by atoms with Gasteiger partial charge in [0.05, 0.1) is 16.8 Å². The second-order valence-electron chi connectivity index (χ2n) is 23.0. The topological polar surface area (TPSA) is 3.24 Å². The Kier molecular flexibility index (Phi) is 11.6. The number of fused-ring (bicyclic) bond motifs is 4. The molecule has 0 heterocycles. The number of hydrogen-bond donors (Lipinski definition) is 0. The van der Waals surface area contributed by atoms with Gasteiger partial charge in [-0.15, -0.1) is 0 Å². The lowest BCUT2D eigenvalue weighted by atomic mass is 9.67. The van der Waals surface area contributed by atoms with Crippen LogP contribution in [0.2, 0.25) is 0 Å². The van der Waals surface area contributed by atoms with Crippen molar-refractivity contribution >= 4 is 27.8 Å². The summed E-state index contributed by atoms with van der Waals surface area (Å²) in [6, 6.07) is 86.9. The van der Waals surface area contributed by atoms with Gasteiger partial charge in [-0.1, -0.05) is 263 Å². The minimum Gasteiger partial charge on any atom is -0.309 e. The van der Waals surface area contributed by atoms with Crippen LogP contribution in [-0.2, 0) is 21.7 Å². The largest absolute Gasteiger partial charge is 0.309 e. The van der Waals surface area contributed by atoms with E-state index in [2.05, 4.69) is 298 Å². The molecule has 0 saturated carbocycles. The van der Waals surface area contributed by atoms with Gasteiger partial charge in [-0.2, -0.15) is 0 Å². The molecule has 10 aromatic carbocycles. The zero-order chi connectivity index (χ0) is 50.0. The number of rotatable bonds is 8. The summed E-state index contributed by atoms with van der Waals surface area (Å²) in [4.78, 5) is 2.56. The molecular weight excluding hydrogens is 867 g/mol. The Bertz CT molecular complexity index is 3540. The lowest BCUT2D eigenvalue weighted by Gasteiger charge is -2.35. The first kappa shape index (κ1) is 46.6. The number of hydrogen-bond acceptors (Lipinski definition) is 1. The first-order valence-electron chi connectivity index (χ1n) is 25.8. The van der Waals surface area contributed by atoms with E-state index in [-0.39, 0.29) is 16.2 Å². The maximum atomic E-state index is 2.56. The Hall–Kier alpha value is -7.74. The van der Waals surface area contributed by atoms with E-state index in [1.165, 1.54) is 94.2 Å². The summed E-state index contributed by atoms with van der Waals surface area (Å²) in [5.74, 6) is 0. The molecule has 0 atom stereocenters. The van der Waals surface area contributed by atoms with Crippen LogP contribution in [0, 0.1) is 0 Å². The van der Waals surface area contributed by atoms with Crippen molar-refractivity contribution in [2.45, 2.75) is 84.0 Å². The Morgan fingerprint density at radius 1 is 0.306 bits per heavy atom. The molecule has 0 N–H and O–H groups in total. The standard InChI is InChI=1S/C71H65N/c1-68(2,3)53-39-42-66(62(46-53)48-25-13-10-14-26-48)72(56-40-41-59-58-33-19-21-37-63(58)71(64(59)47-56,51-29-15-11-16-30-51)52-31-17-12-18-32-52)65-38-22-20-34-60(65)61-36-24-28-49-27-23-35-57(67(49)61)50-43-54(69(4,5)6)45-55(44-50)70(7,8)9/h10-47H,1-9H3. The van der Waals surface area contributed by atoms with E-state index in [9.17, 15) is 0 Å². The molecule has 0 radical (unpaired) electrons. The molecule has 1 aliphatic carbocycles. The Balaban J connectivity index is 1.23. The van der Waals surface area contributed by atoms with Crippen LogP contribution >= 0.6 is 0 Å². The third-order valence-electron chi connectivity index (χ3n) is 15.2. The lowest BCUT2D eigenvalue weighted by Crippen LogP contribution is -2.28. The minimum absolute atomic E-state index is 0.0225. The van der Waals surface area contributed by atoms with E-state index >= 15 is 0 Å². The van der Waals surface area contributed by atoms with Crippen LogP contribution in [0.4, 0.5) is 17.1 Å². The van der Waals surface area contributed by atoms with Crippen LogP contribution < -0.4 is 4.90 Å². The van der Waals surface area contributed by atoms with Crippen molar-refractivity contribution in [3.05, 3.63) is 269 Å². The van der Waals surface area contributed by atoms with Gasteiger partial charge in [-0.25, -0.2) is 0 Å². The van der Waals surface area contributed by atoms with Crippen LogP contribution in [-0.4, -0.2) is 0 Å². The van der Waals surface area contributed by atoms with Crippen LogP contribution in [0.3, 0.4) is 0 Å². The van der Waals surface area contributed by atoms with E-state index in [1.807, 2.05) is 0 Å². The summed E-state index contributed by atoms with van der Waals surface area (Å²) in [5.41, 5.74) is 21.5. The van der Waals surface area contributed by atoms with E-state index in [4.69, 9.17) is 0 Å². The third-order valence-corrected chi connectivity index (χ3v) is 15.2. The molecule has 0 bridgehead atoms. The number of nitrogens with zero attached hydrogens (tertiary/aromatic N) is 1. The molecular formula is C71H65N. The quantitative estimate of drug-likeness (QED) is 0.147. The van der Waals surface area contributed by atoms with Crippen molar-refractivity contribution < 1.29 is 0 Å². The fourth-order valence-electron chi connectivity index (χ4n) is 11.4. The smallest absolute Gasteiger partial charge is 0.0714 e. The number of anilines is 3. The molecule has 0 spiro atoms. The first-order valence-corrected chi connectivity index (χ1v) is 25.8. The molecule has 0 aliphatic heterocycles. The van der Waals surface area contributed by atoms with Crippen molar-refractivity contribution in [2.24, 2.45) is 0 Å². The Labute approximate surface area is 428 Å². The van der Waals surface area contributed by atoms with Crippen LogP contribution in [0.25, 0.3) is 55.3 Å². The van der Waals surface area contributed by atoms with Crippen molar-refractivity contribution in [3.63, 3.8) is 0 Å². The van der Waals surface area contributed by atoms with Crippen molar-refractivity contribution in [3.8, 4) is 44.5 Å². The molecule has 1 aliphatic rings. The minimum atomic E-state index is -0.563. The molecule has 1 heteroatoms. The van der Waals surface area contributed by atoms with Gasteiger partial charge in [0.25, 0.3) is 0 Å².